The number of nitrogens with two attached hydrogens (primary N) is 2. The summed E-state index contributed by atoms with van der Waals surface area (Å²) in [6.07, 6.45) is 1.47. The number of azo groups is 2. The SMILES string of the molecule is CCc1cc(N=Nc2cc(C(=O)O)c3ccccc3c2N)ccc1-c1ccc(N=Nc2cc(C(=O)O)c3ccccc3c2N)cc1CC. The minimum atomic E-state index is -1.07. The zero-order valence-electron chi connectivity index (χ0n) is 26.3. The maximum absolute atomic E-state index is 11.9. The van der Waals surface area contributed by atoms with Gasteiger partial charge in [-0.25, -0.2) is 9.59 Å². The summed E-state index contributed by atoms with van der Waals surface area (Å²) in [4.78, 5) is 23.9. The zero-order chi connectivity index (χ0) is 33.9. The van der Waals surface area contributed by atoms with Crippen LogP contribution in [0.2, 0.25) is 0 Å². The highest BCUT2D eigenvalue weighted by Crippen LogP contribution is 2.38. The Balaban J connectivity index is 1.31. The van der Waals surface area contributed by atoms with Gasteiger partial charge in [-0.1, -0.05) is 74.5 Å². The second-order valence-electron chi connectivity index (χ2n) is 11.2. The first-order valence-electron chi connectivity index (χ1n) is 15.4. The molecule has 0 aliphatic carbocycles. The maximum atomic E-state index is 11.9. The van der Waals surface area contributed by atoms with Crippen molar-refractivity contribution in [3.05, 3.63) is 119 Å². The number of hydrogen-bond donors (Lipinski definition) is 4. The highest BCUT2D eigenvalue weighted by Gasteiger charge is 2.16. The van der Waals surface area contributed by atoms with E-state index in [-0.39, 0.29) is 22.5 Å². The van der Waals surface area contributed by atoms with Crippen LogP contribution in [0.5, 0.6) is 0 Å². The van der Waals surface area contributed by atoms with Gasteiger partial charge in [0.15, 0.2) is 0 Å². The molecule has 6 N–H and O–H groups in total. The molecule has 0 saturated heterocycles. The molecule has 238 valence electrons. The Morgan fingerprint density at radius 2 is 0.917 bits per heavy atom. The number of carboxylic acid groups (broad SMARTS) is 2. The van der Waals surface area contributed by atoms with Crippen molar-refractivity contribution in [1.82, 2.24) is 0 Å². The minimum absolute atomic E-state index is 0.110. The Kier molecular flexibility index (Phi) is 8.63. The third kappa shape index (κ3) is 5.94. The first-order chi connectivity index (χ1) is 23.2. The summed E-state index contributed by atoms with van der Waals surface area (Å²) in [5.74, 6) is -2.13. The van der Waals surface area contributed by atoms with Crippen molar-refractivity contribution in [2.75, 3.05) is 11.5 Å². The number of aromatic carboxylic acids is 2. The van der Waals surface area contributed by atoms with E-state index in [9.17, 15) is 19.8 Å². The number of nitrogen functional groups attached to an aromatic ring is 2. The first-order valence-corrected chi connectivity index (χ1v) is 15.4. The van der Waals surface area contributed by atoms with Gasteiger partial charge in [0.25, 0.3) is 0 Å². The summed E-state index contributed by atoms with van der Waals surface area (Å²) in [5.41, 5.74) is 19.7. The van der Waals surface area contributed by atoms with Crippen molar-refractivity contribution >= 4 is 67.6 Å². The molecule has 10 heteroatoms. The third-order valence-electron chi connectivity index (χ3n) is 8.37. The lowest BCUT2D eigenvalue weighted by molar-refractivity contribution is 0.0688. The van der Waals surface area contributed by atoms with E-state index in [4.69, 9.17) is 11.5 Å². The van der Waals surface area contributed by atoms with Crippen LogP contribution in [0, 0.1) is 0 Å². The lowest BCUT2D eigenvalue weighted by Crippen LogP contribution is -1.99. The fourth-order valence-electron chi connectivity index (χ4n) is 5.90. The second-order valence-corrected chi connectivity index (χ2v) is 11.2. The topological polar surface area (TPSA) is 176 Å². The Labute approximate surface area is 276 Å². The molecule has 0 aliphatic rings. The summed E-state index contributed by atoms with van der Waals surface area (Å²) < 4.78 is 0. The molecular formula is C38H32N6O4. The monoisotopic (exact) mass is 636 g/mol. The Bertz CT molecular complexity index is 2150. The predicted octanol–water partition coefficient (Wildman–Crippen LogP) is 10.2. The quantitative estimate of drug-likeness (QED) is 0.0906. The summed E-state index contributed by atoms with van der Waals surface area (Å²) in [6.45, 7) is 4.13. The smallest absolute Gasteiger partial charge is 0.336 e. The normalized spacial score (nSPS) is 11.6. The Hall–Kier alpha value is -6.42. The fourth-order valence-corrected chi connectivity index (χ4v) is 5.90. The molecule has 0 bridgehead atoms. The van der Waals surface area contributed by atoms with Crippen LogP contribution in [0.25, 0.3) is 32.7 Å². The van der Waals surface area contributed by atoms with Gasteiger partial charge in [-0.05, 0) is 82.3 Å². The van der Waals surface area contributed by atoms with Gasteiger partial charge < -0.3 is 21.7 Å². The van der Waals surface area contributed by atoms with Crippen molar-refractivity contribution in [1.29, 1.82) is 0 Å². The standard InChI is InChI=1S/C38H32N6O4/c1-3-21-17-23(41-43-33-19-31(37(45)46)27-9-5-7-11-29(27)35(33)39)13-15-25(21)26-16-14-24(18-22(26)4-2)42-44-34-20-32(38(47)48)28-10-6-8-12-30(28)36(34)40/h5-20H,3-4,39-40H2,1-2H3,(H,45,46)(H,47,48). The van der Waals surface area contributed by atoms with Crippen molar-refractivity contribution in [3.8, 4) is 11.1 Å². The molecule has 6 aromatic carbocycles. The number of rotatable bonds is 9. The van der Waals surface area contributed by atoms with E-state index in [2.05, 4.69) is 34.3 Å². The van der Waals surface area contributed by atoms with E-state index in [1.165, 1.54) is 12.1 Å². The summed E-state index contributed by atoms with van der Waals surface area (Å²) in [5, 5.41) is 39.4. The van der Waals surface area contributed by atoms with Gasteiger partial charge >= 0.3 is 11.9 Å². The molecule has 0 amide bonds. The molecule has 0 heterocycles. The number of nitrogens with zero attached hydrogens (tertiary/aromatic N) is 4. The molecule has 0 atom stereocenters. The van der Waals surface area contributed by atoms with Crippen LogP contribution < -0.4 is 11.5 Å². The largest absolute Gasteiger partial charge is 0.478 e. The summed E-state index contributed by atoms with van der Waals surface area (Å²) in [7, 11) is 0. The van der Waals surface area contributed by atoms with Crippen molar-refractivity contribution in [2.45, 2.75) is 26.7 Å². The number of fused-ring (bicyclic) bond motifs is 2. The van der Waals surface area contributed by atoms with Crippen molar-refractivity contribution in [2.24, 2.45) is 20.5 Å². The summed E-state index contributed by atoms with van der Waals surface area (Å²) in [6, 6.07) is 28.7. The number of carboxylic acids is 2. The molecule has 0 radical (unpaired) electrons. The average molecular weight is 637 g/mol. The molecule has 0 fully saturated rings. The fraction of sp³-hybridized carbons (Fsp3) is 0.105. The van der Waals surface area contributed by atoms with Crippen LogP contribution in [0.3, 0.4) is 0 Å². The predicted molar refractivity (Wildman–Crippen MR) is 190 cm³/mol. The van der Waals surface area contributed by atoms with E-state index in [1.54, 1.807) is 48.5 Å². The molecule has 6 aromatic rings. The van der Waals surface area contributed by atoms with Gasteiger partial charge in [0, 0.05) is 10.8 Å². The molecule has 0 aliphatic heterocycles. The zero-order valence-corrected chi connectivity index (χ0v) is 26.3. The van der Waals surface area contributed by atoms with Crippen LogP contribution in [0.4, 0.5) is 34.1 Å². The molecule has 10 nitrogen and oxygen atoms in total. The number of benzene rings is 6. The summed E-state index contributed by atoms with van der Waals surface area (Å²) >= 11 is 0. The third-order valence-corrected chi connectivity index (χ3v) is 8.37. The van der Waals surface area contributed by atoms with Crippen LogP contribution in [0.1, 0.15) is 45.7 Å². The molecule has 0 aromatic heterocycles. The molecule has 48 heavy (non-hydrogen) atoms. The number of carbonyl (C=O) groups is 2. The minimum Gasteiger partial charge on any atom is -0.478 e. The van der Waals surface area contributed by atoms with E-state index in [0.717, 1.165) is 35.1 Å². The van der Waals surface area contributed by atoms with Crippen LogP contribution >= 0.6 is 0 Å². The van der Waals surface area contributed by atoms with E-state index in [0.29, 0.717) is 44.3 Å². The van der Waals surface area contributed by atoms with E-state index < -0.39 is 11.9 Å². The highest BCUT2D eigenvalue weighted by atomic mass is 16.4. The number of anilines is 2. The number of hydrogen-bond acceptors (Lipinski definition) is 8. The van der Waals surface area contributed by atoms with Crippen LogP contribution in [-0.2, 0) is 12.8 Å². The van der Waals surface area contributed by atoms with E-state index in [1.807, 2.05) is 36.4 Å². The number of aryl methyl sites for hydroxylation is 2. The van der Waals surface area contributed by atoms with Gasteiger partial charge in [0.1, 0.15) is 11.4 Å². The van der Waals surface area contributed by atoms with E-state index >= 15 is 0 Å². The lowest BCUT2D eigenvalue weighted by atomic mass is 9.92. The van der Waals surface area contributed by atoms with Gasteiger partial charge in [-0.15, -0.1) is 10.2 Å². The molecule has 0 saturated carbocycles. The van der Waals surface area contributed by atoms with Gasteiger partial charge in [-0.2, -0.15) is 10.2 Å². The molecule has 0 spiro atoms. The van der Waals surface area contributed by atoms with Gasteiger partial charge in [0.05, 0.1) is 33.9 Å². The highest BCUT2D eigenvalue weighted by molar-refractivity contribution is 6.11. The second kappa shape index (κ2) is 13.1. The first kappa shape index (κ1) is 31.6. The van der Waals surface area contributed by atoms with Crippen molar-refractivity contribution in [3.63, 3.8) is 0 Å². The molecule has 6 rings (SSSR count). The maximum Gasteiger partial charge on any atom is 0.336 e. The van der Waals surface area contributed by atoms with Crippen molar-refractivity contribution < 1.29 is 19.8 Å². The van der Waals surface area contributed by atoms with Crippen LogP contribution in [-0.4, -0.2) is 22.2 Å². The van der Waals surface area contributed by atoms with Crippen LogP contribution in [0.15, 0.2) is 118 Å². The average Bonchev–Trinajstić information content (AvgIpc) is 3.10. The van der Waals surface area contributed by atoms with Gasteiger partial charge in [-0.3, -0.25) is 0 Å². The lowest BCUT2D eigenvalue weighted by Gasteiger charge is -2.14. The van der Waals surface area contributed by atoms with Gasteiger partial charge in [0.2, 0.25) is 0 Å². The molecular weight excluding hydrogens is 604 g/mol. The Morgan fingerprint density at radius 1 is 0.542 bits per heavy atom. The molecule has 0 unspecified atom stereocenters. The Morgan fingerprint density at radius 3 is 1.27 bits per heavy atom.